The molecule has 1 aliphatic carbocycles. The van der Waals surface area contributed by atoms with Gasteiger partial charge in [-0.3, -0.25) is 0 Å². The van der Waals surface area contributed by atoms with Gasteiger partial charge in [-0.05, 0) is 40.0 Å². The molecule has 0 amide bonds. The van der Waals surface area contributed by atoms with Crippen molar-refractivity contribution in [3.63, 3.8) is 0 Å². The minimum absolute atomic E-state index is 0.155. The molecular formula is C13H27NO3. The molecule has 17 heavy (non-hydrogen) atoms. The zero-order chi connectivity index (χ0) is 12.9. The van der Waals surface area contributed by atoms with Crippen molar-refractivity contribution < 1.29 is 14.6 Å². The van der Waals surface area contributed by atoms with E-state index in [1.807, 2.05) is 20.8 Å². The highest BCUT2D eigenvalue weighted by atomic mass is 16.5. The predicted molar refractivity (Wildman–Crippen MR) is 68.2 cm³/mol. The zero-order valence-electron chi connectivity index (χ0n) is 11.6. The van der Waals surface area contributed by atoms with Gasteiger partial charge in [0.25, 0.3) is 0 Å². The largest absolute Gasteiger partial charge is 0.386 e. The molecule has 1 fully saturated rings. The summed E-state index contributed by atoms with van der Waals surface area (Å²) in [6.45, 7) is 7.45. The zero-order valence-corrected chi connectivity index (χ0v) is 11.6. The van der Waals surface area contributed by atoms with E-state index in [2.05, 4.69) is 5.32 Å². The lowest BCUT2D eigenvalue weighted by atomic mass is 10.1. The lowest BCUT2D eigenvalue weighted by Gasteiger charge is -2.26. The summed E-state index contributed by atoms with van der Waals surface area (Å²) in [6, 6.07) is 0.619. The van der Waals surface area contributed by atoms with E-state index < -0.39 is 5.60 Å². The highest BCUT2D eigenvalue weighted by molar-refractivity contribution is 4.85. The van der Waals surface area contributed by atoms with Crippen molar-refractivity contribution >= 4 is 0 Å². The maximum absolute atomic E-state index is 10.1. The van der Waals surface area contributed by atoms with E-state index in [1.54, 1.807) is 7.11 Å². The van der Waals surface area contributed by atoms with Gasteiger partial charge in [0.15, 0.2) is 0 Å². The summed E-state index contributed by atoms with van der Waals surface area (Å²) in [6.07, 6.45) is 3.30. The Kier molecular flexibility index (Phi) is 5.38. The Balaban J connectivity index is 2.07. The molecule has 0 aromatic rings. The van der Waals surface area contributed by atoms with Gasteiger partial charge in [-0.1, -0.05) is 0 Å². The fraction of sp³-hybridized carbons (Fsp3) is 1.00. The van der Waals surface area contributed by atoms with Crippen LogP contribution in [0, 0.1) is 0 Å². The average Bonchev–Trinajstić information content (AvgIpc) is 3.06. The van der Waals surface area contributed by atoms with Crippen LogP contribution in [-0.4, -0.2) is 49.2 Å². The molecule has 2 N–H and O–H groups in total. The summed E-state index contributed by atoms with van der Waals surface area (Å²) in [4.78, 5) is 0. The number of rotatable bonds is 9. The molecule has 1 atom stereocenters. The van der Waals surface area contributed by atoms with Crippen molar-refractivity contribution in [2.24, 2.45) is 0 Å². The lowest BCUT2D eigenvalue weighted by Crippen LogP contribution is -2.43. The Morgan fingerprint density at radius 3 is 2.47 bits per heavy atom. The van der Waals surface area contributed by atoms with Crippen molar-refractivity contribution in [2.75, 3.05) is 26.9 Å². The van der Waals surface area contributed by atoms with Gasteiger partial charge in [-0.2, -0.15) is 0 Å². The van der Waals surface area contributed by atoms with Gasteiger partial charge in [0.05, 0.1) is 17.8 Å². The van der Waals surface area contributed by atoms with Crippen molar-refractivity contribution in [2.45, 2.75) is 57.3 Å². The van der Waals surface area contributed by atoms with Gasteiger partial charge in [-0.15, -0.1) is 0 Å². The number of aliphatic hydroxyl groups is 1. The molecular weight excluding hydrogens is 218 g/mol. The van der Waals surface area contributed by atoms with E-state index in [0.717, 1.165) is 6.42 Å². The minimum atomic E-state index is -0.778. The number of hydrogen-bond donors (Lipinski definition) is 2. The summed E-state index contributed by atoms with van der Waals surface area (Å²) in [5.74, 6) is 0. The highest BCUT2D eigenvalue weighted by Crippen LogP contribution is 2.19. The third-order valence-corrected chi connectivity index (χ3v) is 3.16. The molecule has 0 bridgehead atoms. The predicted octanol–water partition coefficient (Wildman–Crippen LogP) is 1.32. The molecule has 0 aromatic carbocycles. The first-order chi connectivity index (χ1) is 7.85. The third kappa shape index (κ3) is 6.99. The molecule has 1 rings (SSSR count). The molecule has 0 saturated heterocycles. The maximum Gasteiger partial charge on any atom is 0.0975 e. The first kappa shape index (κ1) is 14.9. The van der Waals surface area contributed by atoms with Crippen LogP contribution in [0.25, 0.3) is 0 Å². The quantitative estimate of drug-likeness (QED) is 0.602. The minimum Gasteiger partial charge on any atom is -0.386 e. The van der Waals surface area contributed by atoms with Gasteiger partial charge >= 0.3 is 0 Å². The Hall–Kier alpha value is -0.160. The molecule has 0 heterocycles. The first-order valence-electron chi connectivity index (χ1n) is 6.43. The first-order valence-corrected chi connectivity index (χ1v) is 6.43. The molecule has 0 aromatic heterocycles. The van der Waals surface area contributed by atoms with Crippen molar-refractivity contribution in [1.29, 1.82) is 0 Å². The molecule has 4 nitrogen and oxygen atoms in total. The summed E-state index contributed by atoms with van der Waals surface area (Å²) < 4.78 is 10.8. The van der Waals surface area contributed by atoms with Crippen LogP contribution in [0.4, 0.5) is 0 Å². The second-order valence-corrected chi connectivity index (χ2v) is 5.92. The standard InChI is InChI=1S/C13H27NO3/c1-12(2,16-4)7-8-17-10-13(3,15)9-14-11-5-6-11/h11,14-15H,5-10H2,1-4H3. The van der Waals surface area contributed by atoms with E-state index in [-0.39, 0.29) is 5.60 Å². The third-order valence-electron chi connectivity index (χ3n) is 3.16. The molecule has 1 aliphatic rings. The Morgan fingerprint density at radius 2 is 1.94 bits per heavy atom. The molecule has 0 radical (unpaired) electrons. The second-order valence-electron chi connectivity index (χ2n) is 5.92. The summed E-state index contributed by atoms with van der Waals surface area (Å²) in [7, 11) is 1.70. The SMILES string of the molecule is COC(C)(C)CCOCC(C)(O)CNC1CC1. The van der Waals surface area contributed by atoms with E-state index in [9.17, 15) is 5.11 Å². The maximum atomic E-state index is 10.1. The van der Waals surface area contributed by atoms with E-state index in [1.165, 1.54) is 12.8 Å². The van der Waals surface area contributed by atoms with E-state index in [0.29, 0.717) is 25.8 Å². The number of hydrogen-bond acceptors (Lipinski definition) is 4. The molecule has 0 spiro atoms. The van der Waals surface area contributed by atoms with Crippen LogP contribution in [-0.2, 0) is 9.47 Å². The van der Waals surface area contributed by atoms with Crippen molar-refractivity contribution in [3.8, 4) is 0 Å². The number of methoxy groups -OCH3 is 1. The molecule has 4 heteroatoms. The Labute approximate surface area is 105 Å². The van der Waals surface area contributed by atoms with Gasteiger partial charge < -0.3 is 19.9 Å². The smallest absolute Gasteiger partial charge is 0.0975 e. The number of ether oxygens (including phenoxy) is 2. The van der Waals surface area contributed by atoms with Gasteiger partial charge in [0, 0.05) is 26.3 Å². The van der Waals surface area contributed by atoms with Gasteiger partial charge in [0.1, 0.15) is 0 Å². The highest BCUT2D eigenvalue weighted by Gasteiger charge is 2.27. The van der Waals surface area contributed by atoms with Crippen LogP contribution >= 0.6 is 0 Å². The average molecular weight is 245 g/mol. The van der Waals surface area contributed by atoms with Gasteiger partial charge in [-0.25, -0.2) is 0 Å². The normalized spacial score (nSPS) is 20.3. The van der Waals surface area contributed by atoms with Crippen LogP contribution in [0.1, 0.15) is 40.0 Å². The monoisotopic (exact) mass is 245 g/mol. The fourth-order valence-corrected chi connectivity index (χ4v) is 1.41. The molecule has 102 valence electrons. The van der Waals surface area contributed by atoms with Crippen LogP contribution in [0.15, 0.2) is 0 Å². The second kappa shape index (κ2) is 6.14. The van der Waals surface area contributed by atoms with E-state index >= 15 is 0 Å². The lowest BCUT2D eigenvalue weighted by molar-refractivity contribution is -0.0549. The van der Waals surface area contributed by atoms with Crippen molar-refractivity contribution in [3.05, 3.63) is 0 Å². The molecule has 0 aliphatic heterocycles. The van der Waals surface area contributed by atoms with Crippen LogP contribution in [0.5, 0.6) is 0 Å². The molecule has 1 unspecified atom stereocenters. The Morgan fingerprint density at radius 1 is 1.29 bits per heavy atom. The Bertz CT molecular complexity index is 225. The van der Waals surface area contributed by atoms with Crippen LogP contribution in [0.2, 0.25) is 0 Å². The topological polar surface area (TPSA) is 50.7 Å². The van der Waals surface area contributed by atoms with Crippen LogP contribution < -0.4 is 5.32 Å². The number of nitrogens with one attached hydrogen (secondary N) is 1. The fourth-order valence-electron chi connectivity index (χ4n) is 1.41. The van der Waals surface area contributed by atoms with Crippen molar-refractivity contribution in [1.82, 2.24) is 5.32 Å². The summed E-state index contributed by atoms with van der Waals surface area (Å²) in [5.41, 5.74) is -0.933. The summed E-state index contributed by atoms with van der Waals surface area (Å²) >= 11 is 0. The summed E-state index contributed by atoms with van der Waals surface area (Å²) in [5, 5.41) is 13.4. The van der Waals surface area contributed by atoms with Crippen LogP contribution in [0.3, 0.4) is 0 Å². The van der Waals surface area contributed by atoms with E-state index in [4.69, 9.17) is 9.47 Å². The molecule has 1 saturated carbocycles. The van der Waals surface area contributed by atoms with Gasteiger partial charge in [0.2, 0.25) is 0 Å².